The summed E-state index contributed by atoms with van der Waals surface area (Å²) in [7, 11) is 0. The number of hydrazine groups is 1. The lowest BCUT2D eigenvalue weighted by Crippen LogP contribution is -2.47. The number of rotatable bonds is 4. The highest BCUT2D eigenvalue weighted by Crippen LogP contribution is 2.19. The number of nitro groups is 1. The lowest BCUT2D eigenvalue weighted by molar-refractivity contribution is -0.522. The van der Waals surface area contributed by atoms with E-state index in [1.54, 1.807) is 37.3 Å². The molecule has 1 amide bonds. The van der Waals surface area contributed by atoms with Crippen LogP contribution < -0.4 is 16.2 Å². The second-order valence-electron chi connectivity index (χ2n) is 5.43. The molecule has 3 unspecified atom stereocenters. The quantitative estimate of drug-likeness (QED) is 0.559. The Morgan fingerprint density at radius 3 is 2.92 bits per heavy atom. The van der Waals surface area contributed by atoms with E-state index in [0.717, 1.165) is 0 Å². The Hall–Kier alpha value is -2.49. The molecule has 3 atom stereocenters. The molecule has 2 aromatic rings. The number of hydrogen-bond donors (Lipinski definition) is 3. The van der Waals surface area contributed by atoms with Gasteiger partial charge >= 0.3 is 0 Å². The van der Waals surface area contributed by atoms with Crippen LogP contribution in [0.4, 0.5) is 5.82 Å². The van der Waals surface area contributed by atoms with Gasteiger partial charge in [0.2, 0.25) is 0 Å². The molecule has 1 aliphatic heterocycles. The molecule has 0 aliphatic carbocycles. The summed E-state index contributed by atoms with van der Waals surface area (Å²) in [5.74, 6) is -0.122. The maximum atomic E-state index is 12.4. The van der Waals surface area contributed by atoms with Crippen molar-refractivity contribution in [2.45, 2.75) is 25.0 Å². The first-order valence-corrected chi connectivity index (χ1v) is 7.60. The fourth-order valence-corrected chi connectivity index (χ4v) is 2.81. The average molecular weight is 351 g/mol. The van der Waals surface area contributed by atoms with Gasteiger partial charge < -0.3 is 5.32 Å². The number of anilines is 1. The number of nitrogens with one attached hydrogen (secondary N) is 3. The van der Waals surface area contributed by atoms with E-state index >= 15 is 0 Å². The molecule has 3 N–H and O–H groups in total. The van der Waals surface area contributed by atoms with Crippen molar-refractivity contribution in [2.75, 3.05) is 5.32 Å². The van der Waals surface area contributed by atoms with Crippen LogP contribution in [-0.4, -0.2) is 38.7 Å². The first-order chi connectivity index (χ1) is 11.5. The van der Waals surface area contributed by atoms with Gasteiger partial charge in [0.25, 0.3) is 11.9 Å². The van der Waals surface area contributed by atoms with Crippen LogP contribution in [-0.2, 0) is 4.79 Å². The highest BCUT2D eigenvalue weighted by atomic mass is 35.5. The molecule has 1 aromatic heterocycles. The molecule has 0 spiro atoms. The van der Waals surface area contributed by atoms with Crippen LogP contribution in [0.2, 0.25) is 5.02 Å². The summed E-state index contributed by atoms with van der Waals surface area (Å²) in [5, 5.41) is 18.5. The van der Waals surface area contributed by atoms with Gasteiger partial charge in [0.1, 0.15) is 5.82 Å². The van der Waals surface area contributed by atoms with Crippen molar-refractivity contribution in [1.82, 2.24) is 20.6 Å². The Bertz CT molecular complexity index is 779. The standard InChI is InChI=1S/C14H15ClN6O3/c1-8-13(21(23)24)12(19-18-8)14(22)17-11-5-6-16-20(11)10-4-2-3-9(15)7-10/h2-8,12-13,18-19H,1H3,(H,17,22). The van der Waals surface area contributed by atoms with Gasteiger partial charge in [-0.25, -0.2) is 15.5 Å². The third-order valence-electron chi connectivity index (χ3n) is 3.79. The van der Waals surface area contributed by atoms with Crippen molar-refractivity contribution in [3.8, 4) is 5.69 Å². The molecular weight excluding hydrogens is 336 g/mol. The minimum atomic E-state index is -1.06. The fourth-order valence-electron chi connectivity index (χ4n) is 2.62. The van der Waals surface area contributed by atoms with E-state index in [0.29, 0.717) is 16.5 Å². The van der Waals surface area contributed by atoms with Crippen molar-refractivity contribution in [1.29, 1.82) is 0 Å². The summed E-state index contributed by atoms with van der Waals surface area (Å²) in [6.45, 7) is 1.64. The Labute approximate surface area is 142 Å². The summed E-state index contributed by atoms with van der Waals surface area (Å²) in [5.41, 5.74) is 6.05. The largest absolute Gasteiger partial charge is 0.309 e. The first-order valence-electron chi connectivity index (χ1n) is 7.23. The zero-order valence-electron chi connectivity index (χ0n) is 12.6. The summed E-state index contributed by atoms with van der Waals surface area (Å²) >= 11 is 5.97. The van der Waals surface area contributed by atoms with Gasteiger partial charge in [-0.2, -0.15) is 5.10 Å². The number of nitrogens with zero attached hydrogens (tertiary/aromatic N) is 3. The SMILES string of the molecule is CC1NNC(C(=O)Nc2ccnn2-c2cccc(Cl)c2)C1[N+](=O)[O-]. The second-order valence-corrected chi connectivity index (χ2v) is 5.86. The molecule has 3 rings (SSSR count). The van der Waals surface area contributed by atoms with Crippen molar-refractivity contribution in [3.63, 3.8) is 0 Å². The maximum Gasteiger partial charge on any atom is 0.254 e. The Kier molecular flexibility index (Phi) is 4.47. The molecule has 1 aliphatic rings. The van der Waals surface area contributed by atoms with Crippen LogP contribution in [0.1, 0.15) is 6.92 Å². The van der Waals surface area contributed by atoms with Crippen molar-refractivity contribution < 1.29 is 9.72 Å². The molecule has 9 nitrogen and oxygen atoms in total. The van der Waals surface area contributed by atoms with E-state index in [-0.39, 0.29) is 0 Å². The van der Waals surface area contributed by atoms with Gasteiger partial charge in [-0.3, -0.25) is 14.9 Å². The number of benzene rings is 1. The smallest absolute Gasteiger partial charge is 0.254 e. The number of aromatic nitrogens is 2. The van der Waals surface area contributed by atoms with Crippen LogP contribution in [0.3, 0.4) is 0 Å². The van der Waals surface area contributed by atoms with Crippen LogP contribution in [0.15, 0.2) is 36.5 Å². The number of hydrogen-bond acceptors (Lipinski definition) is 6. The van der Waals surface area contributed by atoms with Gasteiger partial charge in [0, 0.05) is 16.0 Å². The molecule has 0 bridgehead atoms. The second kappa shape index (κ2) is 6.56. The molecule has 2 heterocycles. The zero-order valence-corrected chi connectivity index (χ0v) is 13.4. The van der Waals surface area contributed by atoms with Gasteiger partial charge in [-0.1, -0.05) is 17.7 Å². The first kappa shape index (κ1) is 16.4. The van der Waals surface area contributed by atoms with Gasteiger partial charge in [-0.05, 0) is 25.1 Å². The van der Waals surface area contributed by atoms with E-state index in [1.807, 2.05) is 0 Å². The van der Waals surface area contributed by atoms with Crippen molar-refractivity contribution in [3.05, 3.63) is 51.7 Å². The lowest BCUT2D eigenvalue weighted by Gasteiger charge is -2.14. The Morgan fingerprint density at radius 2 is 2.21 bits per heavy atom. The van der Waals surface area contributed by atoms with Crippen LogP contribution in [0.5, 0.6) is 0 Å². The molecule has 24 heavy (non-hydrogen) atoms. The summed E-state index contributed by atoms with van der Waals surface area (Å²) < 4.78 is 1.50. The summed E-state index contributed by atoms with van der Waals surface area (Å²) in [6.07, 6.45) is 1.52. The highest BCUT2D eigenvalue weighted by Gasteiger charge is 2.46. The number of amides is 1. The molecule has 1 aromatic carbocycles. The zero-order chi connectivity index (χ0) is 17.3. The number of carbonyl (C=O) groups is 1. The van der Waals surface area contributed by atoms with Crippen LogP contribution >= 0.6 is 11.6 Å². The van der Waals surface area contributed by atoms with Crippen molar-refractivity contribution >= 4 is 23.3 Å². The number of halogens is 1. The van der Waals surface area contributed by atoms with Gasteiger partial charge in [-0.15, -0.1) is 0 Å². The lowest BCUT2D eigenvalue weighted by atomic mass is 10.1. The Balaban J connectivity index is 1.81. The van der Waals surface area contributed by atoms with E-state index in [1.165, 1.54) is 10.9 Å². The minimum Gasteiger partial charge on any atom is -0.309 e. The number of carbonyl (C=O) groups excluding carboxylic acids is 1. The summed E-state index contributed by atoms with van der Waals surface area (Å²) in [6, 6.07) is 6.06. The molecule has 0 radical (unpaired) electrons. The predicted molar refractivity (Wildman–Crippen MR) is 87.5 cm³/mol. The fraction of sp³-hybridized carbons (Fsp3) is 0.286. The maximum absolute atomic E-state index is 12.4. The minimum absolute atomic E-state index is 0.394. The average Bonchev–Trinajstić information content (AvgIpc) is 3.13. The molecule has 1 fully saturated rings. The molecule has 10 heteroatoms. The van der Waals surface area contributed by atoms with Crippen LogP contribution in [0, 0.1) is 10.1 Å². The van der Waals surface area contributed by atoms with Crippen molar-refractivity contribution in [2.24, 2.45) is 0 Å². The van der Waals surface area contributed by atoms with E-state index in [4.69, 9.17) is 11.6 Å². The van der Waals surface area contributed by atoms with E-state index in [2.05, 4.69) is 21.3 Å². The topological polar surface area (TPSA) is 114 Å². The molecule has 126 valence electrons. The normalized spacial score (nSPS) is 23.2. The third kappa shape index (κ3) is 3.09. The summed E-state index contributed by atoms with van der Waals surface area (Å²) in [4.78, 5) is 23.1. The third-order valence-corrected chi connectivity index (χ3v) is 4.03. The predicted octanol–water partition coefficient (Wildman–Crippen LogP) is 0.974. The van der Waals surface area contributed by atoms with Crippen LogP contribution in [0.25, 0.3) is 5.69 Å². The Morgan fingerprint density at radius 1 is 1.42 bits per heavy atom. The monoisotopic (exact) mass is 350 g/mol. The highest BCUT2D eigenvalue weighted by molar-refractivity contribution is 6.30. The van der Waals surface area contributed by atoms with Gasteiger partial charge in [0.05, 0.1) is 17.9 Å². The van der Waals surface area contributed by atoms with E-state index in [9.17, 15) is 14.9 Å². The van der Waals surface area contributed by atoms with Gasteiger partial charge in [0.15, 0.2) is 6.04 Å². The molecular formula is C14H15ClN6O3. The molecule has 0 saturated carbocycles. The molecule has 1 saturated heterocycles. The van der Waals surface area contributed by atoms with E-state index < -0.39 is 29.0 Å².